The second kappa shape index (κ2) is 14.2. The first-order chi connectivity index (χ1) is 21.3. The average molecular weight is 636 g/mol. The Balaban J connectivity index is 1.21. The number of aromatic nitrogens is 2. The molecule has 6 rings (SSSR count). The largest absolute Gasteiger partial charge is 0.379 e. The SMILES string of the molecule is CS(=O)(=O)N1CCc2c(c(-c3ccc(Cl)c(C#Cc4ccc(CNC5CCCC5)cc4)c3)nn2CCCN2CCOCC2)C1. The summed E-state index contributed by atoms with van der Waals surface area (Å²) in [5, 5.41) is 9.30. The molecule has 2 aliphatic heterocycles. The maximum absolute atomic E-state index is 12.5. The smallest absolute Gasteiger partial charge is 0.211 e. The number of morpholine rings is 1. The molecule has 1 N–H and O–H groups in total. The third kappa shape index (κ3) is 7.74. The van der Waals surface area contributed by atoms with Crippen LogP contribution < -0.4 is 5.32 Å². The lowest BCUT2D eigenvalue weighted by molar-refractivity contribution is 0.0368. The maximum atomic E-state index is 12.5. The molecule has 1 aliphatic carbocycles. The number of halogens is 1. The highest BCUT2D eigenvalue weighted by molar-refractivity contribution is 7.88. The van der Waals surface area contributed by atoms with Gasteiger partial charge >= 0.3 is 0 Å². The van der Waals surface area contributed by atoms with Crippen LogP contribution in [-0.2, 0) is 40.8 Å². The maximum Gasteiger partial charge on any atom is 0.211 e. The van der Waals surface area contributed by atoms with Gasteiger partial charge < -0.3 is 10.1 Å². The molecular weight excluding hydrogens is 594 g/mol. The van der Waals surface area contributed by atoms with Gasteiger partial charge in [0.15, 0.2) is 0 Å². The van der Waals surface area contributed by atoms with Crippen molar-refractivity contribution in [3.8, 4) is 23.1 Å². The van der Waals surface area contributed by atoms with E-state index in [9.17, 15) is 8.42 Å². The van der Waals surface area contributed by atoms with Crippen LogP contribution in [0.1, 0.15) is 60.1 Å². The molecule has 3 aliphatic rings. The molecule has 8 nitrogen and oxygen atoms in total. The second-order valence-electron chi connectivity index (χ2n) is 12.2. The van der Waals surface area contributed by atoms with Gasteiger partial charge in [-0.3, -0.25) is 9.58 Å². The summed E-state index contributed by atoms with van der Waals surface area (Å²) in [4.78, 5) is 2.43. The molecule has 1 saturated heterocycles. The number of rotatable bonds is 9. The molecule has 10 heteroatoms. The summed E-state index contributed by atoms with van der Waals surface area (Å²) >= 11 is 6.62. The average Bonchev–Trinajstić information content (AvgIpc) is 3.68. The Hall–Kier alpha value is -2.71. The minimum absolute atomic E-state index is 0.318. The van der Waals surface area contributed by atoms with E-state index in [0.717, 1.165) is 86.0 Å². The lowest BCUT2D eigenvalue weighted by atomic mass is 10.0. The standard InChI is InChI=1S/C34H42ClN5O3S/c1-44(41,42)39-18-15-33-31(25-39)34(37-40(33)17-4-16-38-19-21-43-22-20-38)29-13-14-32(35)28(23-29)12-11-26-7-9-27(10-8-26)24-36-30-5-2-3-6-30/h7-10,13-14,23,30,36H,2-6,15-22,24-25H2,1H3. The highest BCUT2D eigenvalue weighted by atomic mass is 35.5. The molecule has 0 bridgehead atoms. The van der Waals surface area contributed by atoms with Crippen molar-refractivity contribution < 1.29 is 13.2 Å². The summed E-state index contributed by atoms with van der Waals surface area (Å²) in [5.41, 5.74) is 6.70. The third-order valence-electron chi connectivity index (χ3n) is 9.00. The van der Waals surface area contributed by atoms with Gasteiger partial charge in [0.25, 0.3) is 0 Å². The van der Waals surface area contributed by atoms with Gasteiger partial charge in [0.05, 0.1) is 30.2 Å². The van der Waals surface area contributed by atoms with Gasteiger partial charge in [-0.05, 0) is 49.1 Å². The molecule has 2 aromatic carbocycles. The number of hydrogen-bond donors (Lipinski definition) is 1. The van der Waals surface area contributed by atoms with Crippen LogP contribution in [0.5, 0.6) is 0 Å². The second-order valence-corrected chi connectivity index (χ2v) is 14.5. The number of ether oxygens (including phenoxy) is 1. The molecule has 1 saturated carbocycles. The number of aryl methyl sites for hydroxylation is 1. The minimum atomic E-state index is -3.32. The van der Waals surface area contributed by atoms with Crippen LogP contribution in [-0.4, -0.2) is 79.1 Å². The van der Waals surface area contributed by atoms with Crippen LogP contribution >= 0.6 is 11.6 Å². The van der Waals surface area contributed by atoms with Crippen molar-refractivity contribution in [2.45, 2.75) is 64.2 Å². The van der Waals surface area contributed by atoms with E-state index < -0.39 is 10.0 Å². The lowest BCUT2D eigenvalue weighted by Gasteiger charge is -2.27. The first kappa shape index (κ1) is 31.3. The molecule has 0 atom stereocenters. The van der Waals surface area contributed by atoms with Gasteiger partial charge in [0, 0.05) is 86.2 Å². The van der Waals surface area contributed by atoms with Gasteiger partial charge in [-0.2, -0.15) is 9.40 Å². The first-order valence-electron chi connectivity index (χ1n) is 15.8. The Morgan fingerprint density at radius 1 is 1.02 bits per heavy atom. The van der Waals surface area contributed by atoms with Crippen molar-refractivity contribution in [3.63, 3.8) is 0 Å². The molecule has 234 valence electrons. The number of nitrogens with zero attached hydrogens (tertiary/aromatic N) is 4. The summed E-state index contributed by atoms with van der Waals surface area (Å²) in [6, 6.07) is 14.8. The third-order valence-corrected chi connectivity index (χ3v) is 10.6. The van der Waals surface area contributed by atoms with Gasteiger partial charge in [-0.1, -0.05) is 54.5 Å². The molecular formula is C34H42ClN5O3S. The van der Waals surface area contributed by atoms with E-state index in [1.54, 1.807) is 4.31 Å². The Labute approximate surface area is 266 Å². The van der Waals surface area contributed by atoms with Crippen molar-refractivity contribution >= 4 is 21.6 Å². The highest BCUT2D eigenvalue weighted by Crippen LogP contribution is 2.33. The number of sulfonamides is 1. The topological polar surface area (TPSA) is 79.7 Å². The van der Waals surface area contributed by atoms with E-state index in [1.807, 2.05) is 18.2 Å². The normalized spacial score (nSPS) is 18.2. The van der Waals surface area contributed by atoms with Crippen LogP contribution in [0.3, 0.4) is 0 Å². The number of benzene rings is 2. The summed E-state index contributed by atoms with van der Waals surface area (Å²) in [5.74, 6) is 6.55. The minimum Gasteiger partial charge on any atom is -0.379 e. The van der Waals surface area contributed by atoms with E-state index >= 15 is 0 Å². The molecule has 0 unspecified atom stereocenters. The molecule has 0 amide bonds. The van der Waals surface area contributed by atoms with Gasteiger partial charge in [-0.15, -0.1) is 0 Å². The highest BCUT2D eigenvalue weighted by Gasteiger charge is 2.30. The fraction of sp³-hybridized carbons (Fsp3) is 0.500. The molecule has 3 aromatic rings. The van der Waals surface area contributed by atoms with Gasteiger partial charge in [0.1, 0.15) is 0 Å². The molecule has 0 radical (unpaired) electrons. The van der Waals surface area contributed by atoms with E-state index in [1.165, 1.54) is 37.5 Å². The Bertz CT molecular complexity index is 1610. The van der Waals surface area contributed by atoms with E-state index in [0.29, 0.717) is 30.6 Å². The number of nitrogens with one attached hydrogen (secondary N) is 1. The van der Waals surface area contributed by atoms with Crippen LogP contribution in [0.4, 0.5) is 0 Å². The summed E-state index contributed by atoms with van der Waals surface area (Å²) in [6.45, 7) is 6.93. The van der Waals surface area contributed by atoms with Crippen LogP contribution in [0, 0.1) is 11.8 Å². The quantitative estimate of drug-likeness (QED) is 0.344. The van der Waals surface area contributed by atoms with Gasteiger partial charge in [0.2, 0.25) is 10.0 Å². The molecule has 2 fully saturated rings. The zero-order chi connectivity index (χ0) is 30.5. The molecule has 44 heavy (non-hydrogen) atoms. The van der Waals surface area contributed by atoms with E-state index in [4.69, 9.17) is 21.4 Å². The van der Waals surface area contributed by atoms with Crippen molar-refractivity contribution in [1.82, 2.24) is 24.3 Å². The number of hydrogen-bond acceptors (Lipinski definition) is 6. The zero-order valence-corrected chi connectivity index (χ0v) is 27.1. The summed E-state index contributed by atoms with van der Waals surface area (Å²) in [7, 11) is -3.32. The van der Waals surface area contributed by atoms with Crippen LogP contribution in [0.2, 0.25) is 5.02 Å². The fourth-order valence-electron chi connectivity index (χ4n) is 6.44. The summed E-state index contributed by atoms with van der Waals surface area (Å²) < 4.78 is 34.1. The van der Waals surface area contributed by atoms with Crippen molar-refractivity contribution in [3.05, 3.63) is 75.4 Å². The van der Waals surface area contributed by atoms with E-state index in [2.05, 4.69) is 51.0 Å². The van der Waals surface area contributed by atoms with Crippen molar-refractivity contribution in [1.29, 1.82) is 0 Å². The molecule has 0 spiro atoms. The first-order valence-corrected chi connectivity index (χ1v) is 18.0. The monoisotopic (exact) mass is 635 g/mol. The summed E-state index contributed by atoms with van der Waals surface area (Å²) in [6.07, 6.45) is 8.09. The Morgan fingerprint density at radius 2 is 1.80 bits per heavy atom. The predicted molar refractivity (Wildman–Crippen MR) is 175 cm³/mol. The zero-order valence-electron chi connectivity index (χ0n) is 25.5. The van der Waals surface area contributed by atoms with Crippen LogP contribution in [0.15, 0.2) is 42.5 Å². The van der Waals surface area contributed by atoms with Crippen molar-refractivity contribution in [2.75, 3.05) is 45.6 Å². The number of fused-ring (bicyclic) bond motifs is 1. The lowest BCUT2D eigenvalue weighted by Crippen LogP contribution is -2.37. The Kier molecular flexibility index (Phi) is 10.1. The fourth-order valence-corrected chi connectivity index (χ4v) is 7.39. The molecule has 3 heterocycles. The van der Waals surface area contributed by atoms with Gasteiger partial charge in [-0.25, -0.2) is 8.42 Å². The molecule has 1 aromatic heterocycles. The predicted octanol–water partition coefficient (Wildman–Crippen LogP) is 4.68. The Morgan fingerprint density at radius 3 is 2.55 bits per heavy atom. The van der Waals surface area contributed by atoms with Crippen molar-refractivity contribution in [2.24, 2.45) is 0 Å². The van der Waals surface area contributed by atoms with E-state index in [-0.39, 0.29) is 0 Å². The van der Waals surface area contributed by atoms with Crippen LogP contribution in [0.25, 0.3) is 11.3 Å².